The van der Waals surface area contributed by atoms with Gasteiger partial charge in [0.2, 0.25) is 5.69 Å². The number of nitrogens with zero attached hydrogens (tertiary/aromatic N) is 2. The molecule has 0 radical (unpaired) electrons. The van der Waals surface area contributed by atoms with Crippen LogP contribution in [0.3, 0.4) is 0 Å². The van der Waals surface area contributed by atoms with E-state index in [1.54, 1.807) is 30.4 Å². The summed E-state index contributed by atoms with van der Waals surface area (Å²) in [5.41, 5.74) is 2.16. The quantitative estimate of drug-likeness (QED) is 0.0551. The van der Waals surface area contributed by atoms with Crippen molar-refractivity contribution in [2.45, 2.75) is 86.3 Å². The first kappa shape index (κ1) is 44.4. The molecular weight excluding hydrogens is 797 g/mol. The fourth-order valence-electron chi connectivity index (χ4n) is 7.36. The first-order chi connectivity index (χ1) is 25.4. The van der Waals surface area contributed by atoms with Crippen molar-refractivity contribution in [3.63, 3.8) is 0 Å². The largest absolute Gasteiger partial charge is 0.396 e. The predicted molar refractivity (Wildman–Crippen MR) is 209 cm³/mol. The van der Waals surface area contributed by atoms with Crippen molar-refractivity contribution >= 4 is 57.6 Å². The summed E-state index contributed by atoms with van der Waals surface area (Å²) in [6.07, 6.45) is 12.3. The molecule has 2 aliphatic rings. The second kappa shape index (κ2) is 17.1. The van der Waals surface area contributed by atoms with Crippen molar-refractivity contribution in [3.05, 3.63) is 83.6 Å². The summed E-state index contributed by atoms with van der Waals surface area (Å²) in [6, 6.07) is 8.39. The second-order valence-electron chi connectivity index (χ2n) is 14.4. The van der Waals surface area contributed by atoms with Crippen LogP contribution in [0.25, 0.3) is 0 Å². The summed E-state index contributed by atoms with van der Waals surface area (Å²) in [6.45, 7) is 6.00. The summed E-state index contributed by atoms with van der Waals surface area (Å²) >= 11 is 0. The van der Waals surface area contributed by atoms with Gasteiger partial charge in [-0.3, -0.25) is 18.2 Å². The Hall–Kier alpha value is -3.27. The smallest absolute Gasteiger partial charge is 0.294 e. The first-order valence-electron chi connectivity index (χ1n) is 17.6. The fourth-order valence-corrected chi connectivity index (χ4v) is 9.36. The number of unbranched alkanes of at least 4 members (excludes halogenated alkanes) is 3. The SMILES string of the molecule is CC1(CCCCCCO)C(/C=C/C=C/C=C2\N(CCCS(=O)(=O)O)c3ccc(S(=O)(=O)O)cc3C2(C)C)=[N+](CCCS(=O)(=O)O)c2ccc(S(=O)(=O)O)cc21. The van der Waals surface area contributed by atoms with Crippen LogP contribution >= 0.6 is 0 Å². The number of anilines is 1. The molecule has 2 heterocycles. The van der Waals surface area contributed by atoms with E-state index in [0.29, 0.717) is 53.2 Å². The Morgan fingerprint density at radius 1 is 0.691 bits per heavy atom. The zero-order valence-corrected chi connectivity index (χ0v) is 34.1. The van der Waals surface area contributed by atoms with Gasteiger partial charge in [0, 0.05) is 54.1 Å². The average Bonchev–Trinajstić information content (AvgIpc) is 3.41. The van der Waals surface area contributed by atoms with Crippen molar-refractivity contribution in [2.75, 3.05) is 36.1 Å². The molecule has 4 rings (SSSR count). The van der Waals surface area contributed by atoms with E-state index < -0.39 is 62.8 Å². The number of rotatable bonds is 19. The summed E-state index contributed by atoms with van der Waals surface area (Å²) in [4.78, 5) is 1.23. The Bertz CT molecular complexity index is 2350. The molecular formula is C36H49N2O13S4+. The molecule has 1 unspecified atom stereocenters. The normalized spacial score (nSPS) is 19.6. The summed E-state index contributed by atoms with van der Waals surface area (Å²) in [5.74, 6) is -1.00. The van der Waals surface area contributed by atoms with Crippen molar-refractivity contribution < 1.29 is 61.6 Å². The molecule has 0 aromatic heterocycles. The van der Waals surface area contributed by atoms with E-state index in [2.05, 4.69) is 0 Å². The monoisotopic (exact) mass is 845 g/mol. The minimum absolute atomic E-state index is 0.0482. The van der Waals surface area contributed by atoms with Gasteiger partial charge in [0.05, 0.1) is 26.7 Å². The third-order valence-corrected chi connectivity index (χ3v) is 13.4. The maximum Gasteiger partial charge on any atom is 0.294 e. The van der Waals surface area contributed by atoms with Gasteiger partial charge in [0.25, 0.3) is 40.5 Å². The van der Waals surface area contributed by atoms with E-state index >= 15 is 0 Å². The van der Waals surface area contributed by atoms with Crippen LogP contribution in [0.15, 0.2) is 82.3 Å². The Morgan fingerprint density at radius 2 is 1.27 bits per heavy atom. The maximum atomic E-state index is 12.2. The molecule has 2 aromatic carbocycles. The molecule has 0 bridgehead atoms. The molecule has 2 aliphatic heterocycles. The standard InChI is InChI=1S/C36H48N2O13S4/c1-35(2)29-25-27(54(46,47)48)15-17-31(29)37(20-11-23-52(40,41)42)33(35)13-7-6-8-14-34-36(3,19-9-4-5-10-22-39)30-26-28(55(49,50)51)16-18-32(30)38(34)21-12-24-53(43,44)45/h6-8,13-18,25-26,39H,4-5,9-12,19-24H2,1-3H3,(H3-,40,41,42,43,44,45,46,47,48,49,50,51)/p+1. The van der Waals surface area contributed by atoms with Crippen LogP contribution in [0.2, 0.25) is 0 Å². The molecule has 19 heteroatoms. The highest BCUT2D eigenvalue weighted by atomic mass is 32.2. The summed E-state index contributed by atoms with van der Waals surface area (Å²) < 4.78 is 135. The molecule has 55 heavy (non-hydrogen) atoms. The molecule has 2 aromatic rings. The Morgan fingerprint density at radius 3 is 1.87 bits per heavy atom. The highest BCUT2D eigenvalue weighted by Gasteiger charge is 2.48. The van der Waals surface area contributed by atoms with Gasteiger partial charge in [0.15, 0.2) is 5.71 Å². The zero-order chi connectivity index (χ0) is 41.0. The zero-order valence-electron chi connectivity index (χ0n) is 30.9. The van der Waals surface area contributed by atoms with Gasteiger partial charge in [-0.05, 0) is 68.2 Å². The third-order valence-electron chi connectivity index (χ3n) is 10.1. The van der Waals surface area contributed by atoms with E-state index in [9.17, 15) is 57.0 Å². The number of aliphatic hydroxyl groups excluding tert-OH is 1. The molecule has 0 amide bonds. The van der Waals surface area contributed by atoms with Crippen molar-refractivity contribution in [3.8, 4) is 0 Å². The first-order valence-corrected chi connectivity index (χ1v) is 23.7. The van der Waals surface area contributed by atoms with E-state index in [0.717, 1.165) is 12.8 Å². The number of allylic oxidation sites excluding steroid dienone is 6. The minimum Gasteiger partial charge on any atom is -0.396 e. The number of fused-ring (bicyclic) bond motifs is 2. The van der Waals surface area contributed by atoms with Crippen molar-refractivity contribution in [1.82, 2.24) is 0 Å². The van der Waals surface area contributed by atoms with Crippen molar-refractivity contribution in [2.24, 2.45) is 0 Å². The number of aliphatic hydroxyl groups is 1. The Balaban J connectivity index is 1.77. The molecule has 1 atom stereocenters. The molecule has 5 N–H and O–H groups in total. The van der Waals surface area contributed by atoms with Gasteiger partial charge in [-0.15, -0.1) is 0 Å². The molecule has 15 nitrogen and oxygen atoms in total. The van der Waals surface area contributed by atoms with Gasteiger partial charge in [-0.25, -0.2) is 0 Å². The van der Waals surface area contributed by atoms with E-state index in [4.69, 9.17) is 0 Å². The fraction of sp³-hybridized carbons (Fsp3) is 0.472. The lowest BCUT2D eigenvalue weighted by Crippen LogP contribution is -2.31. The van der Waals surface area contributed by atoms with Gasteiger partial charge >= 0.3 is 0 Å². The predicted octanol–water partition coefficient (Wildman–Crippen LogP) is 4.83. The number of benzene rings is 2. The van der Waals surface area contributed by atoms with Crippen LogP contribution in [-0.4, -0.2) is 98.5 Å². The average molecular weight is 846 g/mol. The lowest BCUT2D eigenvalue weighted by atomic mass is 9.75. The van der Waals surface area contributed by atoms with E-state index in [1.165, 1.54) is 30.3 Å². The van der Waals surface area contributed by atoms with Crippen LogP contribution in [0.1, 0.15) is 76.8 Å². The van der Waals surface area contributed by atoms with E-state index in [-0.39, 0.29) is 42.3 Å². The van der Waals surface area contributed by atoms with Crippen LogP contribution in [0, 0.1) is 0 Å². The molecule has 0 aliphatic carbocycles. The number of hydrogen-bond donors (Lipinski definition) is 5. The van der Waals surface area contributed by atoms with Crippen LogP contribution < -0.4 is 4.90 Å². The third kappa shape index (κ3) is 11.0. The summed E-state index contributed by atoms with van der Waals surface area (Å²) in [7, 11) is -17.6. The lowest BCUT2D eigenvalue weighted by Gasteiger charge is -2.27. The highest BCUT2D eigenvalue weighted by Crippen LogP contribution is 2.49. The Labute approximate surface area is 323 Å². The molecule has 0 spiro atoms. The minimum atomic E-state index is -4.56. The molecule has 304 valence electrons. The second-order valence-corrected chi connectivity index (χ2v) is 20.4. The molecule has 0 saturated carbocycles. The van der Waals surface area contributed by atoms with Gasteiger partial charge in [0.1, 0.15) is 6.54 Å². The van der Waals surface area contributed by atoms with Gasteiger partial charge in [-0.2, -0.15) is 38.2 Å². The Kier molecular flexibility index (Phi) is 13.8. The highest BCUT2D eigenvalue weighted by molar-refractivity contribution is 7.86. The van der Waals surface area contributed by atoms with Crippen LogP contribution in [-0.2, 0) is 51.3 Å². The molecule has 0 saturated heterocycles. The van der Waals surface area contributed by atoms with Gasteiger partial charge in [-0.1, -0.05) is 51.3 Å². The molecule has 0 fully saturated rings. The lowest BCUT2D eigenvalue weighted by molar-refractivity contribution is -0.437. The number of hydrogen-bond acceptors (Lipinski definition) is 10. The maximum absolute atomic E-state index is 12.2. The van der Waals surface area contributed by atoms with E-state index in [1.807, 2.05) is 36.3 Å². The van der Waals surface area contributed by atoms with Crippen LogP contribution in [0.4, 0.5) is 11.4 Å². The van der Waals surface area contributed by atoms with Gasteiger partial charge < -0.3 is 10.0 Å². The topological polar surface area (TPSA) is 244 Å². The van der Waals surface area contributed by atoms with Crippen LogP contribution in [0.5, 0.6) is 0 Å². The summed E-state index contributed by atoms with van der Waals surface area (Å²) in [5, 5.41) is 9.25. The van der Waals surface area contributed by atoms with Crippen molar-refractivity contribution in [1.29, 1.82) is 0 Å².